The molecular formula is C21H35IN4O. The number of aliphatic hydroxyl groups is 1. The van der Waals surface area contributed by atoms with E-state index < -0.39 is 0 Å². The van der Waals surface area contributed by atoms with Crippen molar-refractivity contribution in [1.82, 2.24) is 15.1 Å². The minimum Gasteiger partial charge on any atom is -0.393 e. The van der Waals surface area contributed by atoms with Gasteiger partial charge in [-0.3, -0.25) is 4.99 Å². The first kappa shape index (κ1) is 22.4. The van der Waals surface area contributed by atoms with E-state index in [-0.39, 0.29) is 30.1 Å². The number of guanidine groups is 1. The monoisotopic (exact) mass is 486 g/mol. The summed E-state index contributed by atoms with van der Waals surface area (Å²) in [6.07, 6.45) is 4.03. The molecule has 2 fully saturated rings. The second kappa shape index (κ2) is 11.9. The maximum Gasteiger partial charge on any atom is 0.193 e. The molecule has 0 aliphatic carbocycles. The van der Waals surface area contributed by atoms with Crippen LogP contribution in [0.2, 0.25) is 0 Å². The zero-order valence-electron chi connectivity index (χ0n) is 16.5. The van der Waals surface area contributed by atoms with Crippen LogP contribution >= 0.6 is 24.0 Å². The number of nitrogens with zero attached hydrogens (tertiary/aromatic N) is 3. The van der Waals surface area contributed by atoms with Crippen LogP contribution in [-0.4, -0.2) is 72.8 Å². The van der Waals surface area contributed by atoms with Crippen molar-refractivity contribution in [2.24, 2.45) is 4.99 Å². The maximum atomic E-state index is 9.59. The minimum absolute atomic E-state index is 0. The molecule has 2 saturated heterocycles. The van der Waals surface area contributed by atoms with Crippen molar-refractivity contribution in [3.8, 4) is 0 Å². The quantitative estimate of drug-likeness (QED) is 0.281. The number of hydrogen-bond donors (Lipinski definition) is 2. The first-order chi connectivity index (χ1) is 12.8. The maximum absolute atomic E-state index is 9.59. The van der Waals surface area contributed by atoms with Gasteiger partial charge in [0.2, 0.25) is 0 Å². The molecule has 152 valence electrons. The van der Waals surface area contributed by atoms with Crippen molar-refractivity contribution in [3.05, 3.63) is 35.9 Å². The van der Waals surface area contributed by atoms with Crippen molar-refractivity contribution in [3.63, 3.8) is 0 Å². The van der Waals surface area contributed by atoms with Gasteiger partial charge in [0.15, 0.2) is 5.96 Å². The molecule has 1 aromatic carbocycles. The molecule has 2 N–H and O–H groups in total. The van der Waals surface area contributed by atoms with Crippen molar-refractivity contribution >= 4 is 29.9 Å². The fourth-order valence-corrected chi connectivity index (χ4v) is 4.00. The van der Waals surface area contributed by atoms with E-state index in [1.54, 1.807) is 0 Å². The number of nitrogens with one attached hydrogen (secondary N) is 1. The Morgan fingerprint density at radius 2 is 1.89 bits per heavy atom. The van der Waals surface area contributed by atoms with Crippen LogP contribution in [0.1, 0.15) is 44.1 Å². The molecule has 5 nitrogen and oxygen atoms in total. The summed E-state index contributed by atoms with van der Waals surface area (Å²) >= 11 is 0. The van der Waals surface area contributed by atoms with Crippen LogP contribution in [0.5, 0.6) is 0 Å². The van der Waals surface area contributed by atoms with E-state index in [9.17, 15) is 5.11 Å². The van der Waals surface area contributed by atoms with Crippen LogP contribution < -0.4 is 5.32 Å². The zero-order chi connectivity index (χ0) is 18.2. The highest BCUT2D eigenvalue weighted by Gasteiger charge is 2.25. The van der Waals surface area contributed by atoms with Crippen LogP contribution in [0, 0.1) is 0 Å². The predicted octanol–water partition coefficient (Wildman–Crippen LogP) is 2.91. The smallest absolute Gasteiger partial charge is 0.193 e. The van der Waals surface area contributed by atoms with Gasteiger partial charge in [0.25, 0.3) is 0 Å². The van der Waals surface area contributed by atoms with Crippen LogP contribution in [0.15, 0.2) is 35.3 Å². The minimum atomic E-state index is -0.0858. The van der Waals surface area contributed by atoms with E-state index in [1.807, 2.05) is 0 Å². The summed E-state index contributed by atoms with van der Waals surface area (Å²) in [5.41, 5.74) is 1.44. The van der Waals surface area contributed by atoms with Gasteiger partial charge in [-0.25, -0.2) is 0 Å². The van der Waals surface area contributed by atoms with E-state index in [1.165, 1.54) is 12.0 Å². The zero-order valence-corrected chi connectivity index (χ0v) is 18.8. The Morgan fingerprint density at radius 3 is 2.59 bits per heavy atom. The Morgan fingerprint density at radius 1 is 1.15 bits per heavy atom. The third-order valence-corrected chi connectivity index (χ3v) is 5.54. The lowest BCUT2D eigenvalue weighted by Gasteiger charge is -2.29. The van der Waals surface area contributed by atoms with E-state index in [0.29, 0.717) is 5.92 Å². The Labute approximate surface area is 181 Å². The molecule has 0 saturated carbocycles. The Hall–Kier alpha value is -0.860. The number of piperidine rings is 1. The van der Waals surface area contributed by atoms with Crippen molar-refractivity contribution in [1.29, 1.82) is 0 Å². The highest BCUT2D eigenvalue weighted by Crippen LogP contribution is 2.26. The van der Waals surface area contributed by atoms with Crippen molar-refractivity contribution in [2.75, 3.05) is 45.8 Å². The molecule has 6 heteroatoms. The second-order valence-electron chi connectivity index (χ2n) is 7.50. The predicted molar refractivity (Wildman–Crippen MR) is 123 cm³/mol. The molecule has 1 unspecified atom stereocenters. The highest BCUT2D eigenvalue weighted by molar-refractivity contribution is 14.0. The number of likely N-dealkylation sites (tertiary alicyclic amines) is 2. The topological polar surface area (TPSA) is 51.1 Å². The Balaban J connectivity index is 0.00000261. The lowest BCUT2D eigenvalue weighted by molar-refractivity contribution is 0.0824. The molecule has 27 heavy (non-hydrogen) atoms. The summed E-state index contributed by atoms with van der Waals surface area (Å²) < 4.78 is 0. The normalized spacial score (nSPS) is 21.9. The lowest BCUT2D eigenvalue weighted by atomic mass is 9.99. The third-order valence-electron chi connectivity index (χ3n) is 5.54. The SMILES string of the molecule is CCNC(=NCCCN1CCC(O)CC1)N1CCC(c2ccccc2)C1.I. The molecule has 0 aromatic heterocycles. The lowest BCUT2D eigenvalue weighted by Crippen LogP contribution is -2.40. The van der Waals surface area contributed by atoms with Crippen LogP contribution in [0.4, 0.5) is 0 Å². The molecule has 2 heterocycles. The summed E-state index contributed by atoms with van der Waals surface area (Å²) in [4.78, 5) is 9.75. The van der Waals surface area contributed by atoms with Crippen LogP contribution in [0.25, 0.3) is 0 Å². The van der Waals surface area contributed by atoms with E-state index >= 15 is 0 Å². The van der Waals surface area contributed by atoms with Crippen molar-refractivity contribution in [2.45, 2.75) is 44.6 Å². The standard InChI is InChI=1S/C21H34N4O.HI/c1-2-22-21(23-12-6-13-24-14-10-20(26)11-15-24)25-16-9-19(17-25)18-7-4-3-5-8-18;/h3-5,7-8,19-20,26H,2,6,9-17H2,1H3,(H,22,23);1H. The summed E-state index contributed by atoms with van der Waals surface area (Å²) in [6.45, 7) is 9.19. The summed E-state index contributed by atoms with van der Waals surface area (Å²) in [5, 5.41) is 13.1. The molecule has 0 bridgehead atoms. The van der Waals surface area contributed by atoms with Gasteiger partial charge in [0.1, 0.15) is 0 Å². The molecule has 1 aromatic rings. The number of aliphatic hydroxyl groups excluding tert-OH is 1. The number of hydrogen-bond acceptors (Lipinski definition) is 3. The van der Waals surface area contributed by atoms with Gasteiger partial charge in [-0.1, -0.05) is 30.3 Å². The first-order valence-electron chi connectivity index (χ1n) is 10.2. The molecular weight excluding hydrogens is 451 g/mol. The average molecular weight is 486 g/mol. The van der Waals surface area contributed by atoms with Gasteiger partial charge in [-0.15, -0.1) is 24.0 Å². The molecule has 2 aliphatic rings. The largest absolute Gasteiger partial charge is 0.393 e. The highest BCUT2D eigenvalue weighted by atomic mass is 127. The van der Waals surface area contributed by atoms with E-state index in [0.717, 1.165) is 71.0 Å². The van der Waals surface area contributed by atoms with Gasteiger partial charge in [-0.2, -0.15) is 0 Å². The Bertz CT molecular complexity index is 561. The van der Waals surface area contributed by atoms with Gasteiger partial charge in [0, 0.05) is 45.2 Å². The average Bonchev–Trinajstić information content (AvgIpc) is 3.16. The van der Waals surface area contributed by atoms with Crippen LogP contribution in [0.3, 0.4) is 0 Å². The van der Waals surface area contributed by atoms with Gasteiger partial charge in [0.05, 0.1) is 6.10 Å². The third kappa shape index (κ3) is 6.91. The van der Waals surface area contributed by atoms with Gasteiger partial charge >= 0.3 is 0 Å². The summed E-state index contributed by atoms with van der Waals surface area (Å²) in [5.74, 6) is 1.68. The fourth-order valence-electron chi connectivity index (χ4n) is 4.00. The molecule has 2 aliphatic heterocycles. The number of rotatable bonds is 6. The molecule has 3 rings (SSSR count). The second-order valence-corrected chi connectivity index (χ2v) is 7.50. The fraction of sp³-hybridized carbons (Fsp3) is 0.667. The van der Waals surface area contributed by atoms with Gasteiger partial charge < -0.3 is 20.2 Å². The first-order valence-corrected chi connectivity index (χ1v) is 10.2. The van der Waals surface area contributed by atoms with Gasteiger partial charge in [-0.05, 0) is 44.7 Å². The number of aliphatic imine (C=N–C) groups is 1. The Kier molecular flexibility index (Phi) is 9.86. The number of benzene rings is 1. The number of halogens is 1. The molecule has 1 atom stereocenters. The van der Waals surface area contributed by atoms with Crippen LogP contribution in [-0.2, 0) is 0 Å². The molecule has 0 radical (unpaired) electrons. The molecule has 0 spiro atoms. The van der Waals surface area contributed by atoms with E-state index in [2.05, 4.69) is 52.4 Å². The van der Waals surface area contributed by atoms with E-state index in [4.69, 9.17) is 4.99 Å². The van der Waals surface area contributed by atoms with Crippen molar-refractivity contribution < 1.29 is 5.11 Å². The molecule has 0 amide bonds. The summed E-state index contributed by atoms with van der Waals surface area (Å²) in [7, 11) is 0. The summed E-state index contributed by atoms with van der Waals surface area (Å²) in [6, 6.07) is 10.8.